The molecule has 0 aliphatic carbocycles. The quantitative estimate of drug-likeness (QED) is 0.697. The lowest BCUT2D eigenvalue weighted by Gasteiger charge is -2.17. The van der Waals surface area contributed by atoms with E-state index in [9.17, 15) is 13.2 Å². The normalized spacial score (nSPS) is 15.2. The van der Waals surface area contributed by atoms with Crippen LogP contribution in [0, 0.1) is 6.92 Å². The summed E-state index contributed by atoms with van der Waals surface area (Å²) in [6.45, 7) is 5.73. The van der Waals surface area contributed by atoms with E-state index >= 15 is 0 Å². The summed E-state index contributed by atoms with van der Waals surface area (Å²) in [4.78, 5) is 12.4. The highest BCUT2D eigenvalue weighted by molar-refractivity contribution is 7.89. The Kier molecular flexibility index (Phi) is 5.50. The number of sulfonamides is 1. The lowest BCUT2D eigenvalue weighted by Crippen LogP contribution is -2.28. The van der Waals surface area contributed by atoms with Crippen LogP contribution >= 0.6 is 0 Å². The molecule has 7 heteroatoms. The van der Waals surface area contributed by atoms with Crippen molar-refractivity contribution in [2.45, 2.75) is 43.9 Å². The van der Waals surface area contributed by atoms with Gasteiger partial charge in [0.05, 0.1) is 17.4 Å². The van der Waals surface area contributed by atoms with E-state index in [1.54, 1.807) is 33.1 Å². The zero-order valence-electron chi connectivity index (χ0n) is 16.6. The summed E-state index contributed by atoms with van der Waals surface area (Å²) >= 11 is 0. The van der Waals surface area contributed by atoms with E-state index < -0.39 is 15.4 Å². The van der Waals surface area contributed by atoms with Gasteiger partial charge in [-0.1, -0.05) is 12.1 Å². The SMILES string of the molecule is COc1cccc(CCCNS(=O)(=O)c2cc(C)c3c(c2)C(C)(C)C(=O)N3)c1. The van der Waals surface area contributed by atoms with Crippen molar-refractivity contribution >= 4 is 21.6 Å². The molecule has 0 atom stereocenters. The largest absolute Gasteiger partial charge is 0.497 e. The third-order valence-corrected chi connectivity index (χ3v) is 6.61. The second kappa shape index (κ2) is 7.56. The van der Waals surface area contributed by atoms with E-state index in [2.05, 4.69) is 10.0 Å². The number of amides is 1. The summed E-state index contributed by atoms with van der Waals surface area (Å²) in [7, 11) is -2.03. The Morgan fingerprint density at radius 2 is 1.93 bits per heavy atom. The molecular weight excluding hydrogens is 376 g/mol. The molecule has 1 heterocycles. The molecule has 1 aliphatic rings. The molecular formula is C21H26N2O4S. The Balaban J connectivity index is 1.69. The van der Waals surface area contributed by atoms with Gasteiger partial charge in [0.1, 0.15) is 5.75 Å². The molecule has 0 spiro atoms. The smallest absolute Gasteiger partial charge is 0.240 e. The third-order valence-electron chi connectivity index (χ3n) is 5.17. The van der Waals surface area contributed by atoms with Gasteiger partial charge in [-0.05, 0) is 74.6 Å². The van der Waals surface area contributed by atoms with Gasteiger partial charge in [-0.25, -0.2) is 13.1 Å². The summed E-state index contributed by atoms with van der Waals surface area (Å²) in [6, 6.07) is 10.9. The van der Waals surface area contributed by atoms with Crippen molar-refractivity contribution in [1.29, 1.82) is 0 Å². The molecule has 0 fully saturated rings. The van der Waals surface area contributed by atoms with Crippen LogP contribution in [0.25, 0.3) is 0 Å². The van der Waals surface area contributed by atoms with Gasteiger partial charge in [0.2, 0.25) is 15.9 Å². The van der Waals surface area contributed by atoms with E-state index in [0.29, 0.717) is 24.2 Å². The van der Waals surface area contributed by atoms with E-state index in [1.807, 2.05) is 31.2 Å². The minimum absolute atomic E-state index is 0.119. The first kappa shape index (κ1) is 20.4. The second-order valence-corrected chi connectivity index (χ2v) is 9.36. The number of hydrogen-bond donors (Lipinski definition) is 2. The van der Waals surface area contributed by atoms with Crippen LogP contribution < -0.4 is 14.8 Å². The highest BCUT2D eigenvalue weighted by Gasteiger charge is 2.40. The number of carbonyl (C=O) groups excluding carboxylic acids is 1. The fourth-order valence-electron chi connectivity index (χ4n) is 3.37. The van der Waals surface area contributed by atoms with Gasteiger partial charge in [-0.15, -0.1) is 0 Å². The topological polar surface area (TPSA) is 84.5 Å². The molecule has 2 aromatic carbocycles. The molecule has 0 aromatic heterocycles. The minimum atomic E-state index is -3.65. The van der Waals surface area contributed by atoms with Crippen molar-refractivity contribution in [2.24, 2.45) is 0 Å². The lowest BCUT2D eigenvalue weighted by molar-refractivity contribution is -0.119. The zero-order valence-corrected chi connectivity index (χ0v) is 17.4. The fourth-order valence-corrected chi connectivity index (χ4v) is 4.56. The van der Waals surface area contributed by atoms with Crippen molar-refractivity contribution in [1.82, 2.24) is 4.72 Å². The number of ether oxygens (including phenoxy) is 1. The number of rotatable bonds is 7. The predicted molar refractivity (Wildman–Crippen MR) is 109 cm³/mol. The average molecular weight is 403 g/mol. The number of hydrogen-bond acceptors (Lipinski definition) is 4. The van der Waals surface area contributed by atoms with Crippen molar-refractivity contribution in [3.63, 3.8) is 0 Å². The van der Waals surface area contributed by atoms with Gasteiger partial charge in [-0.2, -0.15) is 0 Å². The molecule has 3 rings (SSSR count). The van der Waals surface area contributed by atoms with Crippen LogP contribution in [0.4, 0.5) is 5.69 Å². The van der Waals surface area contributed by atoms with Crippen LogP contribution in [0.15, 0.2) is 41.3 Å². The zero-order chi connectivity index (χ0) is 20.5. The van der Waals surface area contributed by atoms with Crippen LogP contribution in [-0.4, -0.2) is 28.0 Å². The Morgan fingerprint density at radius 1 is 1.18 bits per heavy atom. The summed E-state index contributed by atoms with van der Waals surface area (Å²) in [5.74, 6) is 0.670. The first-order valence-corrected chi connectivity index (χ1v) is 10.7. The van der Waals surface area contributed by atoms with E-state index in [0.717, 1.165) is 23.3 Å². The molecule has 0 saturated carbocycles. The molecule has 6 nitrogen and oxygen atoms in total. The first-order chi connectivity index (χ1) is 13.1. The van der Waals surface area contributed by atoms with Gasteiger partial charge < -0.3 is 10.1 Å². The Hall–Kier alpha value is -2.38. The molecule has 150 valence electrons. The van der Waals surface area contributed by atoms with Gasteiger partial charge in [0, 0.05) is 12.2 Å². The summed E-state index contributed by atoms with van der Waals surface area (Å²) in [6.07, 6.45) is 1.41. The van der Waals surface area contributed by atoms with Crippen LogP contribution in [0.5, 0.6) is 5.75 Å². The van der Waals surface area contributed by atoms with Crippen LogP contribution in [0.3, 0.4) is 0 Å². The molecule has 2 aromatic rings. The average Bonchev–Trinajstić information content (AvgIpc) is 2.89. The van der Waals surface area contributed by atoms with Crippen LogP contribution in [0.2, 0.25) is 0 Å². The molecule has 2 N–H and O–H groups in total. The van der Waals surface area contributed by atoms with Gasteiger partial charge in [0.25, 0.3) is 0 Å². The molecule has 0 unspecified atom stereocenters. The van der Waals surface area contributed by atoms with Gasteiger partial charge in [0.15, 0.2) is 0 Å². The number of methoxy groups -OCH3 is 1. The number of carbonyl (C=O) groups is 1. The number of nitrogens with one attached hydrogen (secondary N) is 2. The molecule has 1 aliphatic heterocycles. The summed E-state index contributed by atoms with van der Waals surface area (Å²) in [5.41, 5.74) is 2.52. The predicted octanol–water partition coefficient (Wildman–Crippen LogP) is 3.14. The highest BCUT2D eigenvalue weighted by atomic mass is 32.2. The highest BCUT2D eigenvalue weighted by Crippen LogP contribution is 2.40. The number of anilines is 1. The van der Waals surface area contributed by atoms with Crippen LogP contribution in [-0.2, 0) is 26.7 Å². The Bertz CT molecular complexity index is 1010. The summed E-state index contributed by atoms with van der Waals surface area (Å²) < 4.78 is 33.4. The third kappa shape index (κ3) is 3.91. The number of benzene rings is 2. The molecule has 0 saturated heterocycles. The molecule has 1 amide bonds. The Labute approximate surface area is 166 Å². The monoisotopic (exact) mass is 402 g/mol. The second-order valence-electron chi connectivity index (χ2n) is 7.59. The Morgan fingerprint density at radius 3 is 2.64 bits per heavy atom. The van der Waals surface area contributed by atoms with Crippen molar-refractivity contribution in [3.8, 4) is 5.75 Å². The fraction of sp³-hybridized carbons (Fsp3) is 0.381. The van der Waals surface area contributed by atoms with E-state index in [-0.39, 0.29) is 10.8 Å². The number of aryl methyl sites for hydroxylation is 2. The lowest BCUT2D eigenvalue weighted by atomic mass is 9.85. The maximum atomic E-state index is 12.8. The maximum absolute atomic E-state index is 12.8. The van der Waals surface area contributed by atoms with Crippen LogP contribution in [0.1, 0.15) is 37.0 Å². The van der Waals surface area contributed by atoms with Crippen molar-refractivity contribution in [3.05, 3.63) is 53.1 Å². The minimum Gasteiger partial charge on any atom is -0.497 e. The van der Waals surface area contributed by atoms with Crippen molar-refractivity contribution < 1.29 is 17.9 Å². The van der Waals surface area contributed by atoms with Crippen molar-refractivity contribution in [2.75, 3.05) is 19.0 Å². The van der Waals surface area contributed by atoms with Gasteiger partial charge >= 0.3 is 0 Å². The molecule has 0 bridgehead atoms. The first-order valence-electron chi connectivity index (χ1n) is 9.24. The summed E-state index contributed by atoms with van der Waals surface area (Å²) in [5, 5.41) is 2.85. The maximum Gasteiger partial charge on any atom is 0.240 e. The van der Waals surface area contributed by atoms with Gasteiger partial charge in [-0.3, -0.25) is 4.79 Å². The molecule has 0 radical (unpaired) electrons. The molecule has 28 heavy (non-hydrogen) atoms. The van der Waals surface area contributed by atoms with E-state index in [1.165, 1.54) is 0 Å². The van der Waals surface area contributed by atoms with E-state index in [4.69, 9.17) is 4.74 Å². The number of fused-ring (bicyclic) bond motifs is 1. The standard InChI is InChI=1S/C21H26N2O4S/c1-14-11-17(13-18-19(14)23-20(24)21(18,2)3)28(25,26)22-10-6-8-15-7-5-9-16(12-15)27-4/h5,7,9,11-13,22H,6,8,10H2,1-4H3,(H,23,24).